The summed E-state index contributed by atoms with van der Waals surface area (Å²) in [7, 11) is 0. The maximum atomic E-state index is 5.20. The Bertz CT molecular complexity index is 303. The van der Waals surface area contributed by atoms with Gasteiger partial charge in [-0.2, -0.15) is 0 Å². The van der Waals surface area contributed by atoms with Crippen molar-refractivity contribution in [1.82, 2.24) is 5.16 Å². The second-order valence-electron chi connectivity index (χ2n) is 2.74. The number of aryl methyl sites for hydroxylation is 1. The predicted molar refractivity (Wildman–Crippen MR) is 50.9 cm³/mol. The van der Waals surface area contributed by atoms with Crippen LogP contribution in [0.15, 0.2) is 16.7 Å². The Labute approximate surface area is 76.0 Å². The fraction of sp³-hybridized carbons (Fsp3) is 0.444. The summed E-state index contributed by atoms with van der Waals surface area (Å²) < 4.78 is 5.20. The van der Waals surface area contributed by atoms with Gasteiger partial charge in [0.25, 0.3) is 0 Å². The van der Waals surface area contributed by atoms with Crippen molar-refractivity contribution in [3.05, 3.63) is 23.6 Å². The van der Waals surface area contributed by atoms with Gasteiger partial charge in [0.2, 0.25) is 0 Å². The molecule has 0 saturated heterocycles. The third-order valence-electron chi connectivity index (χ3n) is 1.87. The van der Waals surface area contributed by atoms with Gasteiger partial charge < -0.3 is 4.52 Å². The molecule has 0 bridgehead atoms. The smallest absolute Gasteiger partial charge is 0.173 e. The summed E-state index contributed by atoms with van der Waals surface area (Å²) in [5.74, 6) is 2.12. The summed E-state index contributed by atoms with van der Waals surface area (Å²) in [4.78, 5) is 1.25. The molecule has 0 amide bonds. The van der Waals surface area contributed by atoms with Crippen molar-refractivity contribution in [2.75, 3.05) is 5.75 Å². The minimum Gasteiger partial charge on any atom is -0.355 e. The highest BCUT2D eigenvalue weighted by molar-refractivity contribution is 8.08. The van der Waals surface area contributed by atoms with E-state index in [9.17, 15) is 0 Å². The lowest BCUT2D eigenvalue weighted by Crippen LogP contribution is -1.74. The van der Waals surface area contributed by atoms with Crippen LogP contribution in [-0.4, -0.2) is 10.9 Å². The van der Waals surface area contributed by atoms with Gasteiger partial charge in [-0.25, -0.2) is 0 Å². The predicted octanol–water partition coefficient (Wildman–Crippen LogP) is 2.71. The Morgan fingerprint density at radius 2 is 2.58 bits per heavy atom. The Balaban J connectivity index is 2.22. The van der Waals surface area contributed by atoms with Crippen LogP contribution in [0.25, 0.3) is 4.91 Å². The van der Waals surface area contributed by atoms with Crippen LogP contribution in [0.5, 0.6) is 0 Å². The first-order valence-corrected chi connectivity index (χ1v) is 5.17. The van der Waals surface area contributed by atoms with Crippen LogP contribution in [0.3, 0.4) is 0 Å². The number of hydrogen-bond acceptors (Lipinski definition) is 3. The molecular weight excluding hydrogens is 170 g/mol. The Kier molecular flexibility index (Phi) is 2.21. The molecule has 1 aromatic rings. The fourth-order valence-electron chi connectivity index (χ4n) is 1.18. The molecule has 0 unspecified atom stereocenters. The minimum atomic E-state index is 0.939. The van der Waals surface area contributed by atoms with Gasteiger partial charge in [-0.15, -0.1) is 11.8 Å². The van der Waals surface area contributed by atoms with Gasteiger partial charge in [-0.3, -0.25) is 0 Å². The van der Waals surface area contributed by atoms with E-state index in [-0.39, 0.29) is 0 Å². The molecule has 64 valence electrons. The van der Waals surface area contributed by atoms with E-state index in [0.717, 1.165) is 24.3 Å². The molecule has 0 fully saturated rings. The lowest BCUT2D eigenvalue weighted by Gasteiger charge is -1.90. The summed E-state index contributed by atoms with van der Waals surface area (Å²) in [5, 5.41) is 3.95. The zero-order valence-electron chi connectivity index (χ0n) is 7.04. The molecule has 0 aromatic carbocycles. The van der Waals surface area contributed by atoms with E-state index in [2.05, 4.69) is 18.2 Å². The highest BCUT2D eigenvalue weighted by Gasteiger charge is 2.12. The average Bonchev–Trinajstić information content (AvgIpc) is 2.75. The number of hydrogen-bond donors (Lipinski definition) is 0. The largest absolute Gasteiger partial charge is 0.355 e. The summed E-state index contributed by atoms with van der Waals surface area (Å²) in [6, 6.07) is 2.03. The van der Waals surface area contributed by atoms with Crippen LogP contribution in [0.1, 0.15) is 24.8 Å². The molecule has 2 heterocycles. The lowest BCUT2D eigenvalue weighted by atomic mass is 10.3. The molecule has 0 N–H and O–H groups in total. The zero-order chi connectivity index (χ0) is 8.39. The summed E-state index contributed by atoms with van der Waals surface area (Å²) in [6.45, 7) is 2.08. The number of allylic oxidation sites excluding steroid dienone is 1. The monoisotopic (exact) mass is 181 g/mol. The molecule has 2 rings (SSSR count). The van der Waals surface area contributed by atoms with E-state index < -0.39 is 0 Å². The van der Waals surface area contributed by atoms with E-state index in [0.29, 0.717) is 0 Å². The molecule has 1 aromatic heterocycles. The first-order chi connectivity index (χ1) is 5.90. The number of aromatic nitrogens is 1. The zero-order valence-corrected chi connectivity index (χ0v) is 7.86. The van der Waals surface area contributed by atoms with Crippen LogP contribution < -0.4 is 0 Å². The molecule has 0 aliphatic carbocycles. The number of thioether (sulfide) groups is 1. The molecule has 1 aliphatic heterocycles. The molecule has 3 heteroatoms. The van der Waals surface area contributed by atoms with E-state index >= 15 is 0 Å². The van der Waals surface area contributed by atoms with E-state index in [1.807, 2.05) is 17.8 Å². The van der Waals surface area contributed by atoms with Crippen LogP contribution in [0, 0.1) is 0 Å². The van der Waals surface area contributed by atoms with E-state index in [1.54, 1.807) is 0 Å². The molecule has 2 nitrogen and oxygen atoms in total. The number of rotatable bonds is 2. The molecule has 1 aliphatic rings. The van der Waals surface area contributed by atoms with Gasteiger partial charge in [0.05, 0.1) is 5.69 Å². The highest BCUT2D eigenvalue weighted by atomic mass is 32.2. The normalized spacial score (nSPS) is 16.6. The van der Waals surface area contributed by atoms with Gasteiger partial charge in [0.1, 0.15) is 0 Å². The second-order valence-corrected chi connectivity index (χ2v) is 3.88. The van der Waals surface area contributed by atoms with Crippen molar-refractivity contribution in [2.24, 2.45) is 0 Å². The minimum absolute atomic E-state index is 0.939. The molecule has 0 radical (unpaired) electrons. The van der Waals surface area contributed by atoms with Gasteiger partial charge in [0.15, 0.2) is 5.76 Å². The first kappa shape index (κ1) is 7.92. The second kappa shape index (κ2) is 3.35. The Morgan fingerprint density at radius 3 is 3.17 bits per heavy atom. The maximum absolute atomic E-state index is 5.20. The highest BCUT2D eigenvalue weighted by Crippen LogP contribution is 2.33. The third kappa shape index (κ3) is 1.41. The summed E-state index contributed by atoms with van der Waals surface area (Å²) >= 11 is 1.85. The topological polar surface area (TPSA) is 26.0 Å². The van der Waals surface area contributed by atoms with E-state index in [4.69, 9.17) is 4.52 Å². The van der Waals surface area contributed by atoms with Crippen molar-refractivity contribution in [1.29, 1.82) is 0 Å². The Morgan fingerprint density at radius 1 is 1.67 bits per heavy atom. The number of nitrogens with zero attached hydrogens (tertiary/aromatic N) is 1. The lowest BCUT2D eigenvalue weighted by molar-refractivity contribution is 0.405. The van der Waals surface area contributed by atoms with Crippen LogP contribution in [-0.2, 0) is 6.42 Å². The quantitative estimate of drug-likeness (QED) is 0.701. The van der Waals surface area contributed by atoms with Gasteiger partial charge in [-0.1, -0.05) is 18.2 Å². The molecule has 0 spiro atoms. The van der Waals surface area contributed by atoms with Crippen LogP contribution >= 0.6 is 11.8 Å². The van der Waals surface area contributed by atoms with Gasteiger partial charge in [-0.05, 0) is 12.8 Å². The maximum Gasteiger partial charge on any atom is 0.173 e. The van der Waals surface area contributed by atoms with Gasteiger partial charge >= 0.3 is 0 Å². The van der Waals surface area contributed by atoms with Crippen LogP contribution in [0.4, 0.5) is 0 Å². The van der Waals surface area contributed by atoms with Crippen molar-refractivity contribution < 1.29 is 4.52 Å². The summed E-state index contributed by atoms with van der Waals surface area (Å²) in [5.41, 5.74) is 1.04. The van der Waals surface area contributed by atoms with E-state index in [1.165, 1.54) is 10.7 Å². The molecule has 0 atom stereocenters. The molecule has 12 heavy (non-hydrogen) atoms. The molecule has 0 saturated carbocycles. The van der Waals surface area contributed by atoms with Crippen LogP contribution in [0.2, 0.25) is 0 Å². The molecular formula is C9H11NOS. The van der Waals surface area contributed by atoms with Crippen molar-refractivity contribution in [3.8, 4) is 0 Å². The fourth-order valence-corrected chi connectivity index (χ4v) is 2.11. The standard InChI is InChI=1S/C9H11NOS/c1-2-7-6-8(11-10-7)9-4-3-5-12-9/h4,6H,2-3,5H2,1H3. The van der Waals surface area contributed by atoms with Crippen molar-refractivity contribution >= 4 is 16.7 Å². The third-order valence-corrected chi connectivity index (χ3v) is 2.99. The first-order valence-electron chi connectivity index (χ1n) is 4.19. The van der Waals surface area contributed by atoms with Crippen molar-refractivity contribution in [2.45, 2.75) is 19.8 Å². The van der Waals surface area contributed by atoms with Gasteiger partial charge in [0, 0.05) is 16.7 Å². The van der Waals surface area contributed by atoms with Crippen molar-refractivity contribution in [3.63, 3.8) is 0 Å². The SMILES string of the molecule is CCc1cc(C2=CCCS2)on1. The average molecular weight is 181 g/mol. The summed E-state index contributed by atoms with van der Waals surface area (Å²) in [6.07, 6.45) is 4.31. The Hall–Kier alpha value is -0.700.